The van der Waals surface area contributed by atoms with Gasteiger partial charge in [-0.25, -0.2) is 0 Å². The Kier molecular flexibility index (Phi) is 3.90. The molecule has 5 atom stereocenters. The van der Waals surface area contributed by atoms with Crippen molar-refractivity contribution in [3.8, 4) is 0 Å². The van der Waals surface area contributed by atoms with E-state index in [4.69, 9.17) is 0 Å². The molecule has 0 aliphatic heterocycles. The van der Waals surface area contributed by atoms with Crippen molar-refractivity contribution in [2.45, 2.75) is 61.3 Å². The Balaban J connectivity index is 2.60. The van der Waals surface area contributed by atoms with Crippen LogP contribution in [0.4, 0.5) is 0 Å². The summed E-state index contributed by atoms with van der Waals surface area (Å²) in [6.45, 7) is 17.0. The van der Waals surface area contributed by atoms with E-state index >= 15 is 0 Å². The van der Waals surface area contributed by atoms with Gasteiger partial charge in [0.15, 0.2) is 0 Å². The van der Waals surface area contributed by atoms with Crippen molar-refractivity contribution in [3.05, 3.63) is 0 Å². The summed E-state index contributed by atoms with van der Waals surface area (Å²) in [5, 5.41) is 0. The van der Waals surface area contributed by atoms with E-state index in [1.807, 2.05) is 0 Å². The van der Waals surface area contributed by atoms with E-state index < -0.39 is 0 Å². The quantitative estimate of drug-likeness (QED) is 0.600. The van der Waals surface area contributed by atoms with Gasteiger partial charge in [0.05, 0.1) is 0 Å². The van der Waals surface area contributed by atoms with E-state index in [1.54, 1.807) is 0 Å². The molecule has 0 aromatic heterocycles. The fraction of sp³-hybridized carbons (Fsp3) is 1.00. The lowest BCUT2D eigenvalue weighted by molar-refractivity contribution is 0.251. The van der Waals surface area contributed by atoms with Crippen LogP contribution >= 0.6 is 0 Å². The molecule has 1 rings (SSSR count). The predicted molar refractivity (Wildman–Crippen MR) is 68.8 cm³/mol. The Morgan fingerprint density at radius 2 is 1.67 bits per heavy atom. The summed E-state index contributed by atoms with van der Waals surface area (Å²) in [6.07, 6.45) is 2.74. The Morgan fingerprint density at radius 1 is 1.13 bits per heavy atom. The second kappa shape index (κ2) is 4.47. The summed E-state index contributed by atoms with van der Waals surface area (Å²) in [5.41, 5.74) is 0.626. The minimum Gasteiger partial charge on any atom is -0.0654 e. The molecule has 0 heterocycles. The maximum atomic E-state index is 2.50. The van der Waals surface area contributed by atoms with Gasteiger partial charge in [0.1, 0.15) is 0 Å². The molecule has 0 aromatic rings. The highest BCUT2D eigenvalue weighted by molar-refractivity contribution is 5.09. The van der Waals surface area contributed by atoms with Crippen LogP contribution in [0.25, 0.3) is 0 Å². The zero-order chi connectivity index (χ0) is 11.8. The highest BCUT2D eigenvalue weighted by Crippen LogP contribution is 2.66. The monoisotopic (exact) mass is 210 g/mol. The molecule has 0 aromatic carbocycles. The van der Waals surface area contributed by atoms with Crippen molar-refractivity contribution >= 4 is 0 Å². The molecular weight excluding hydrogens is 180 g/mol. The average Bonchev–Trinajstić information content (AvgIpc) is 2.70. The lowest BCUT2D eigenvalue weighted by Gasteiger charge is -2.24. The van der Waals surface area contributed by atoms with Crippen LogP contribution in [-0.4, -0.2) is 0 Å². The smallest absolute Gasteiger partial charge is 0.0240 e. The maximum Gasteiger partial charge on any atom is -0.0240 e. The van der Waals surface area contributed by atoms with Gasteiger partial charge in [-0.2, -0.15) is 0 Å². The molecule has 0 spiro atoms. The standard InChI is InChI=1S/C15H30/c1-8-9-11(4)12(5)14-13(6)15(14,7)10(2)3/h10-14H,8-9H2,1-7H3. The first-order valence-electron chi connectivity index (χ1n) is 6.87. The van der Waals surface area contributed by atoms with Gasteiger partial charge in [0.2, 0.25) is 0 Å². The van der Waals surface area contributed by atoms with Gasteiger partial charge in [0, 0.05) is 0 Å². The summed E-state index contributed by atoms with van der Waals surface area (Å²) in [4.78, 5) is 0. The summed E-state index contributed by atoms with van der Waals surface area (Å²) < 4.78 is 0. The van der Waals surface area contributed by atoms with E-state index in [2.05, 4.69) is 48.5 Å². The van der Waals surface area contributed by atoms with E-state index in [0.29, 0.717) is 5.41 Å². The molecular formula is C15H30. The van der Waals surface area contributed by atoms with Crippen molar-refractivity contribution < 1.29 is 0 Å². The van der Waals surface area contributed by atoms with E-state index in [1.165, 1.54) is 12.8 Å². The molecule has 90 valence electrons. The van der Waals surface area contributed by atoms with Crippen molar-refractivity contribution in [2.24, 2.45) is 35.0 Å². The average molecular weight is 210 g/mol. The van der Waals surface area contributed by atoms with E-state index in [9.17, 15) is 0 Å². The Hall–Kier alpha value is 0. The SMILES string of the molecule is CCCC(C)C(C)C1C(C)C1(C)C(C)C. The Bertz CT molecular complexity index is 206. The largest absolute Gasteiger partial charge is 0.0654 e. The highest BCUT2D eigenvalue weighted by atomic mass is 14.7. The first-order valence-corrected chi connectivity index (χ1v) is 6.87. The molecule has 1 saturated carbocycles. The van der Waals surface area contributed by atoms with Gasteiger partial charge in [0.25, 0.3) is 0 Å². The van der Waals surface area contributed by atoms with E-state index in [0.717, 1.165) is 29.6 Å². The molecule has 0 nitrogen and oxygen atoms in total. The topological polar surface area (TPSA) is 0 Å². The third kappa shape index (κ3) is 2.10. The summed E-state index contributed by atoms with van der Waals surface area (Å²) in [7, 11) is 0. The summed E-state index contributed by atoms with van der Waals surface area (Å²) >= 11 is 0. The first-order chi connectivity index (χ1) is 6.87. The minimum absolute atomic E-state index is 0.626. The molecule has 0 radical (unpaired) electrons. The van der Waals surface area contributed by atoms with Crippen LogP contribution in [0, 0.1) is 35.0 Å². The second-order valence-corrected chi connectivity index (χ2v) is 6.46. The zero-order valence-electron chi connectivity index (χ0n) is 11.8. The molecule has 0 bridgehead atoms. The molecule has 0 N–H and O–H groups in total. The molecule has 1 aliphatic rings. The molecule has 0 heteroatoms. The summed E-state index contributed by atoms with van der Waals surface area (Å²) in [5.74, 6) is 4.56. The molecule has 5 unspecified atom stereocenters. The number of hydrogen-bond donors (Lipinski definition) is 0. The maximum absolute atomic E-state index is 2.50. The second-order valence-electron chi connectivity index (χ2n) is 6.46. The molecule has 1 aliphatic carbocycles. The lowest BCUT2D eigenvalue weighted by Crippen LogP contribution is -2.17. The normalized spacial score (nSPS) is 39.2. The lowest BCUT2D eigenvalue weighted by atomic mass is 9.81. The molecule has 0 saturated heterocycles. The molecule has 1 fully saturated rings. The van der Waals surface area contributed by atoms with Gasteiger partial charge in [-0.15, -0.1) is 0 Å². The van der Waals surface area contributed by atoms with Gasteiger partial charge in [-0.05, 0) is 35.0 Å². The number of rotatable bonds is 5. The van der Waals surface area contributed by atoms with Gasteiger partial charge in [-0.3, -0.25) is 0 Å². The van der Waals surface area contributed by atoms with Crippen LogP contribution in [0.1, 0.15) is 61.3 Å². The van der Waals surface area contributed by atoms with Crippen LogP contribution in [0.3, 0.4) is 0 Å². The number of hydrogen-bond acceptors (Lipinski definition) is 0. The van der Waals surface area contributed by atoms with Crippen molar-refractivity contribution in [2.75, 3.05) is 0 Å². The van der Waals surface area contributed by atoms with Crippen molar-refractivity contribution in [1.82, 2.24) is 0 Å². The van der Waals surface area contributed by atoms with Crippen LogP contribution < -0.4 is 0 Å². The fourth-order valence-electron chi connectivity index (χ4n) is 3.80. The third-order valence-corrected chi connectivity index (χ3v) is 5.58. The highest BCUT2D eigenvalue weighted by Gasteiger charge is 2.61. The first kappa shape index (κ1) is 13.1. The fourth-order valence-corrected chi connectivity index (χ4v) is 3.80. The summed E-state index contributed by atoms with van der Waals surface area (Å²) in [6, 6.07) is 0. The molecule has 15 heavy (non-hydrogen) atoms. The zero-order valence-corrected chi connectivity index (χ0v) is 11.8. The minimum atomic E-state index is 0.626. The van der Waals surface area contributed by atoms with Gasteiger partial charge >= 0.3 is 0 Å². The Labute approximate surface area is 96.8 Å². The third-order valence-electron chi connectivity index (χ3n) is 5.58. The van der Waals surface area contributed by atoms with Crippen LogP contribution in [0.2, 0.25) is 0 Å². The van der Waals surface area contributed by atoms with Crippen LogP contribution in [0.5, 0.6) is 0 Å². The van der Waals surface area contributed by atoms with Crippen LogP contribution in [0.15, 0.2) is 0 Å². The predicted octanol–water partition coefficient (Wildman–Crippen LogP) is 4.99. The molecule has 0 amide bonds. The van der Waals surface area contributed by atoms with Crippen LogP contribution in [-0.2, 0) is 0 Å². The van der Waals surface area contributed by atoms with Crippen molar-refractivity contribution in [1.29, 1.82) is 0 Å². The Morgan fingerprint density at radius 3 is 2.00 bits per heavy atom. The van der Waals surface area contributed by atoms with E-state index in [-0.39, 0.29) is 0 Å². The van der Waals surface area contributed by atoms with Crippen molar-refractivity contribution in [3.63, 3.8) is 0 Å². The van der Waals surface area contributed by atoms with Gasteiger partial charge < -0.3 is 0 Å². The van der Waals surface area contributed by atoms with Gasteiger partial charge in [-0.1, -0.05) is 61.3 Å².